The first-order valence-corrected chi connectivity index (χ1v) is 8.95. The summed E-state index contributed by atoms with van der Waals surface area (Å²) in [6, 6.07) is 10.8. The van der Waals surface area contributed by atoms with Crippen LogP contribution in [0.2, 0.25) is 0 Å². The van der Waals surface area contributed by atoms with E-state index in [1.807, 2.05) is 24.3 Å². The molecule has 1 aliphatic heterocycles. The lowest BCUT2D eigenvalue weighted by Gasteiger charge is -2.21. The lowest BCUT2D eigenvalue weighted by molar-refractivity contribution is 0.375. The minimum absolute atomic E-state index is 0.340. The van der Waals surface area contributed by atoms with E-state index < -0.39 is 10.0 Å². The van der Waals surface area contributed by atoms with Crippen molar-refractivity contribution in [2.45, 2.75) is 12.5 Å². The van der Waals surface area contributed by atoms with E-state index in [1.165, 1.54) is 0 Å². The van der Waals surface area contributed by atoms with Crippen molar-refractivity contribution in [3.8, 4) is 0 Å². The Morgan fingerprint density at radius 2 is 2.00 bits per heavy atom. The van der Waals surface area contributed by atoms with Gasteiger partial charge in [0.05, 0.1) is 18.6 Å². The van der Waals surface area contributed by atoms with Crippen molar-refractivity contribution in [1.29, 1.82) is 0 Å². The lowest BCUT2D eigenvalue weighted by atomic mass is 10.0. The fourth-order valence-electron chi connectivity index (χ4n) is 2.32. The van der Waals surface area contributed by atoms with Gasteiger partial charge >= 0.3 is 0 Å². The molecule has 0 bridgehead atoms. The summed E-state index contributed by atoms with van der Waals surface area (Å²) in [6.07, 6.45) is 3.20. The molecule has 0 radical (unpaired) electrons. The van der Waals surface area contributed by atoms with Crippen LogP contribution in [0.15, 0.2) is 56.7 Å². The minimum atomic E-state index is -3.44. The van der Waals surface area contributed by atoms with E-state index in [0.717, 1.165) is 20.7 Å². The molecule has 0 fully saturated rings. The van der Waals surface area contributed by atoms with Crippen LogP contribution in [0.25, 0.3) is 0 Å². The van der Waals surface area contributed by atoms with Gasteiger partial charge in [-0.3, -0.25) is 0 Å². The third-order valence-corrected chi connectivity index (χ3v) is 4.82. The fourth-order valence-corrected chi connectivity index (χ4v) is 3.49. The second kappa shape index (κ2) is 5.31. The summed E-state index contributed by atoms with van der Waals surface area (Å²) in [5, 5.41) is 4.24. The molecule has 0 aliphatic carbocycles. The van der Waals surface area contributed by atoms with Crippen LogP contribution in [-0.4, -0.2) is 24.8 Å². The highest BCUT2D eigenvalue weighted by Crippen LogP contribution is 2.34. The highest BCUT2D eigenvalue weighted by molar-refractivity contribution is 9.10. The Bertz CT molecular complexity index is 767. The molecule has 1 aliphatic rings. The molecule has 21 heavy (non-hydrogen) atoms. The van der Waals surface area contributed by atoms with Gasteiger partial charge in [0.1, 0.15) is 11.5 Å². The standard InChI is InChI=1S/C14H13BrN2O3S/c1-21(18,19)17-13(10-4-6-11(15)7-5-10)9-12(16-17)14-3-2-8-20-14/h2-8,13H,9H2,1H3/t13-/m1/s1. The number of hydrogen-bond donors (Lipinski definition) is 0. The maximum absolute atomic E-state index is 12.0. The van der Waals surface area contributed by atoms with Crippen molar-refractivity contribution in [3.63, 3.8) is 0 Å². The quantitative estimate of drug-likeness (QED) is 0.835. The van der Waals surface area contributed by atoms with Crippen molar-refractivity contribution in [2.75, 3.05) is 6.26 Å². The predicted molar refractivity (Wildman–Crippen MR) is 83.4 cm³/mol. The average molecular weight is 369 g/mol. The molecular weight excluding hydrogens is 356 g/mol. The molecule has 0 unspecified atom stereocenters. The van der Waals surface area contributed by atoms with Crippen molar-refractivity contribution < 1.29 is 12.8 Å². The first-order valence-electron chi connectivity index (χ1n) is 6.31. The zero-order chi connectivity index (χ0) is 15.0. The molecule has 110 valence electrons. The van der Waals surface area contributed by atoms with Gasteiger partial charge < -0.3 is 4.42 Å². The van der Waals surface area contributed by atoms with Gasteiger partial charge in [-0.05, 0) is 29.8 Å². The molecule has 1 aromatic carbocycles. The molecule has 0 saturated heterocycles. The Labute approximate surface area is 131 Å². The third-order valence-electron chi connectivity index (χ3n) is 3.27. The first-order chi connectivity index (χ1) is 9.95. The summed E-state index contributed by atoms with van der Waals surface area (Å²) in [5.41, 5.74) is 1.53. The van der Waals surface area contributed by atoms with E-state index in [-0.39, 0.29) is 6.04 Å². The topological polar surface area (TPSA) is 62.9 Å². The average Bonchev–Trinajstić information content (AvgIpc) is 3.07. The summed E-state index contributed by atoms with van der Waals surface area (Å²) in [5.74, 6) is 0.600. The second-order valence-electron chi connectivity index (χ2n) is 4.83. The maximum Gasteiger partial charge on any atom is 0.247 e. The number of nitrogens with zero attached hydrogens (tertiary/aromatic N) is 2. The molecule has 5 nitrogen and oxygen atoms in total. The summed E-state index contributed by atoms with van der Waals surface area (Å²) in [6.45, 7) is 0. The summed E-state index contributed by atoms with van der Waals surface area (Å²) in [4.78, 5) is 0. The van der Waals surface area contributed by atoms with Gasteiger partial charge in [-0.2, -0.15) is 9.52 Å². The number of rotatable bonds is 3. The van der Waals surface area contributed by atoms with Crippen LogP contribution in [0.4, 0.5) is 0 Å². The van der Waals surface area contributed by atoms with E-state index in [9.17, 15) is 8.42 Å². The Kier molecular flexibility index (Phi) is 3.62. The van der Waals surface area contributed by atoms with E-state index in [4.69, 9.17) is 4.42 Å². The van der Waals surface area contributed by atoms with Gasteiger partial charge in [-0.25, -0.2) is 8.42 Å². The summed E-state index contributed by atoms with van der Waals surface area (Å²) < 4.78 is 31.4. The van der Waals surface area contributed by atoms with E-state index in [2.05, 4.69) is 21.0 Å². The van der Waals surface area contributed by atoms with Gasteiger partial charge in [0, 0.05) is 10.9 Å². The Hall–Kier alpha value is -1.60. The smallest absolute Gasteiger partial charge is 0.247 e. The van der Waals surface area contributed by atoms with Gasteiger partial charge in [0.25, 0.3) is 0 Å². The van der Waals surface area contributed by atoms with Gasteiger partial charge in [0.2, 0.25) is 10.0 Å². The van der Waals surface area contributed by atoms with Crippen molar-refractivity contribution in [3.05, 3.63) is 58.5 Å². The molecule has 2 heterocycles. The van der Waals surface area contributed by atoms with Crippen molar-refractivity contribution >= 4 is 31.7 Å². The van der Waals surface area contributed by atoms with Crippen molar-refractivity contribution in [1.82, 2.24) is 4.41 Å². The molecule has 7 heteroatoms. The highest BCUT2D eigenvalue weighted by atomic mass is 79.9. The Balaban J connectivity index is 2.00. The zero-order valence-corrected chi connectivity index (χ0v) is 13.6. The minimum Gasteiger partial charge on any atom is -0.463 e. The number of hydrazone groups is 1. The molecule has 2 aromatic rings. The first kappa shape index (κ1) is 14.3. The van der Waals surface area contributed by atoms with Crippen LogP contribution in [0, 0.1) is 0 Å². The highest BCUT2D eigenvalue weighted by Gasteiger charge is 2.35. The molecule has 0 spiro atoms. The fraction of sp³-hybridized carbons (Fsp3) is 0.214. The number of halogens is 1. The van der Waals surface area contributed by atoms with Gasteiger partial charge in [-0.15, -0.1) is 0 Å². The van der Waals surface area contributed by atoms with Gasteiger partial charge in [-0.1, -0.05) is 28.1 Å². The Morgan fingerprint density at radius 1 is 1.29 bits per heavy atom. The Morgan fingerprint density at radius 3 is 2.57 bits per heavy atom. The zero-order valence-electron chi connectivity index (χ0n) is 11.2. The van der Waals surface area contributed by atoms with Crippen LogP contribution in [0.1, 0.15) is 23.8 Å². The number of sulfonamides is 1. The SMILES string of the molecule is CS(=O)(=O)N1N=C(c2ccco2)C[C@@H]1c1ccc(Br)cc1. The van der Waals surface area contributed by atoms with Gasteiger partial charge in [0.15, 0.2) is 0 Å². The molecular formula is C14H13BrN2O3S. The monoisotopic (exact) mass is 368 g/mol. The van der Waals surface area contributed by atoms with E-state index in [1.54, 1.807) is 18.4 Å². The molecule has 0 N–H and O–H groups in total. The van der Waals surface area contributed by atoms with E-state index in [0.29, 0.717) is 17.9 Å². The molecule has 1 atom stereocenters. The predicted octanol–water partition coefficient (Wildman–Crippen LogP) is 3.15. The molecule has 0 saturated carbocycles. The van der Waals surface area contributed by atoms with Crippen LogP contribution >= 0.6 is 15.9 Å². The third kappa shape index (κ3) is 2.89. The second-order valence-corrected chi connectivity index (χ2v) is 7.59. The number of furan rings is 1. The van der Waals surface area contributed by atoms with Crippen LogP contribution < -0.4 is 0 Å². The molecule has 1 aromatic heterocycles. The van der Waals surface area contributed by atoms with E-state index >= 15 is 0 Å². The maximum atomic E-state index is 12.0. The molecule has 0 amide bonds. The van der Waals surface area contributed by atoms with Crippen LogP contribution in [0.5, 0.6) is 0 Å². The van der Waals surface area contributed by atoms with Crippen LogP contribution in [0.3, 0.4) is 0 Å². The number of hydrogen-bond acceptors (Lipinski definition) is 4. The van der Waals surface area contributed by atoms with Crippen molar-refractivity contribution in [2.24, 2.45) is 5.10 Å². The van der Waals surface area contributed by atoms with Crippen LogP contribution in [-0.2, 0) is 10.0 Å². The summed E-state index contributed by atoms with van der Waals surface area (Å²) >= 11 is 3.38. The largest absolute Gasteiger partial charge is 0.463 e. The number of benzene rings is 1. The normalized spacial score (nSPS) is 18.9. The molecule has 3 rings (SSSR count). The lowest BCUT2D eigenvalue weighted by Crippen LogP contribution is -2.25. The summed E-state index contributed by atoms with van der Waals surface area (Å²) in [7, 11) is -3.44.